The molecule has 0 aliphatic carbocycles. The van der Waals surface area contributed by atoms with E-state index in [1.165, 1.54) is 7.05 Å². The lowest BCUT2D eigenvalue weighted by molar-refractivity contribution is -0.137. The number of nitrogens with zero attached hydrogens (tertiary/aromatic N) is 1. The molecule has 0 bridgehead atoms. The number of halogens is 1. The van der Waals surface area contributed by atoms with Gasteiger partial charge in [0.1, 0.15) is 36.3 Å². The maximum Gasteiger partial charge on any atom is 0.264 e. The van der Waals surface area contributed by atoms with Gasteiger partial charge < -0.3 is 59.3 Å². The van der Waals surface area contributed by atoms with Crippen molar-refractivity contribution in [2.45, 2.75) is 93.4 Å². The first-order valence-corrected chi connectivity index (χ1v) is 32.0. The van der Waals surface area contributed by atoms with Crippen molar-refractivity contribution in [2.24, 2.45) is 17.2 Å². The summed E-state index contributed by atoms with van der Waals surface area (Å²) in [6, 6.07) is 40.1. The topological polar surface area (TPSA) is 319 Å². The maximum absolute atomic E-state index is 15.2. The minimum absolute atomic E-state index is 0.00734. The Hall–Kier alpha value is -8.80. The molecule has 23 heteroatoms. The minimum atomic E-state index is -1.85. The first kappa shape index (κ1) is 66.2. The van der Waals surface area contributed by atoms with E-state index in [9.17, 15) is 33.6 Å². The highest BCUT2D eigenvalue weighted by Gasteiger charge is 2.38. The molecule has 464 valence electrons. The SMILES string of the molecule is CN(C(=O)c1ccc2ccccc2c1)[C@H]1NC(=O)[C@H](Cc2ccccc2)NC(=O)[C@H](NC(=O)[C@@H](N)Cc2ccc(Cl)cc2)CSSC[C@@H](C(=O)N[C@@H](Cc2ccc3ccccc3c2)C(N)=O)NC(=O)[C@H](Cc2ccccc2)NC(=O)[C@H](CCCCN)NC1=O. The molecule has 0 aromatic heterocycles. The Morgan fingerprint density at radius 2 is 1.10 bits per heavy atom. The summed E-state index contributed by atoms with van der Waals surface area (Å²) in [4.78, 5) is 133. The van der Waals surface area contributed by atoms with Crippen LogP contribution in [0.15, 0.2) is 170 Å². The van der Waals surface area contributed by atoms with Crippen molar-refractivity contribution in [3.8, 4) is 0 Å². The van der Waals surface area contributed by atoms with Gasteiger partial charge in [0.2, 0.25) is 41.4 Å². The summed E-state index contributed by atoms with van der Waals surface area (Å²) in [6.07, 6.45) is -1.36. The lowest BCUT2D eigenvalue weighted by Crippen LogP contribution is -2.64. The van der Waals surface area contributed by atoms with Crippen LogP contribution in [0.25, 0.3) is 21.5 Å². The number of carbonyl (C=O) groups excluding carboxylic acids is 9. The molecule has 1 heterocycles. The Kier molecular flexibility index (Phi) is 24.1. The van der Waals surface area contributed by atoms with Crippen molar-refractivity contribution in [3.63, 3.8) is 0 Å². The molecule has 1 aliphatic heterocycles. The second kappa shape index (κ2) is 32.4. The summed E-state index contributed by atoms with van der Waals surface area (Å²) in [5.41, 5.74) is 21.1. The molecule has 13 N–H and O–H groups in total. The van der Waals surface area contributed by atoms with E-state index in [-0.39, 0.29) is 55.7 Å². The normalized spacial score (nSPS) is 19.7. The third kappa shape index (κ3) is 19.1. The molecule has 0 saturated carbocycles. The number of hydrogen-bond donors (Lipinski definition) is 10. The van der Waals surface area contributed by atoms with E-state index in [2.05, 4.69) is 37.2 Å². The molecule has 9 amide bonds. The fraction of sp³-hybridized carbons (Fsp3) is 0.288. The molecule has 0 radical (unpaired) electrons. The highest BCUT2D eigenvalue weighted by atomic mass is 35.5. The lowest BCUT2D eigenvalue weighted by Gasteiger charge is -2.32. The van der Waals surface area contributed by atoms with Gasteiger partial charge in [-0.3, -0.25) is 43.2 Å². The Morgan fingerprint density at radius 1 is 0.573 bits per heavy atom. The molecular formula is C66H72ClN11O9S2. The van der Waals surface area contributed by atoms with Gasteiger partial charge in [0.05, 0.1) is 6.04 Å². The largest absolute Gasteiger partial charge is 0.368 e. The summed E-state index contributed by atoms with van der Waals surface area (Å²) in [6.45, 7) is 0.233. The monoisotopic (exact) mass is 1260 g/mol. The van der Waals surface area contributed by atoms with Crippen molar-refractivity contribution in [2.75, 3.05) is 25.1 Å². The summed E-state index contributed by atoms with van der Waals surface area (Å²) in [5.74, 6) is -7.93. The number of rotatable bonds is 19. The molecule has 8 atom stereocenters. The van der Waals surface area contributed by atoms with Crippen LogP contribution in [-0.4, -0.2) is 132 Å². The number of carbonyl (C=O) groups is 9. The van der Waals surface area contributed by atoms with Gasteiger partial charge in [0.15, 0.2) is 6.17 Å². The Labute approximate surface area is 528 Å². The number of likely N-dealkylation sites (N-methyl/N-ethyl adjacent to an activating group) is 1. The van der Waals surface area contributed by atoms with Crippen LogP contribution in [0.2, 0.25) is 5.02 Å². The molecule has 1 saturated heterocycles. The summed E-state index contributed by atoms with van der Waals surface area (Å²) >= 11 is 6.13. The number of primary amides is 1. The average molecular weight is 1260 g/mol. The second-order valence-electron chi connectivity index (χ2n) is 21.7. The molecule has 8 rings (SSSR count). The van der Waals surface area contributed by atoms with Crippen molar-refractivity contribution >= 4 is 108 Å². The number of hydrogen-bond acceptors (Lipinski definition) is 13. The van der Waals surface area contributed by atoms with Crippen LogP contribution in [0.3, 0.4) is 0 Å². The van der Waals surface area contributed by atoms with Gasteiger partial charge >= 0.3 is 0 Å². The third-order valence-electron chi connectivity index (χ3n) is 15.1. The standard InChI is InChI=1S/C66H72ClN11O9S2/c1-78(66(87)48-28-27-45-19-9-11-21-47(45)37-48)58-65(86)71-51(22-12-13-31-68)60(81)73-53(34-40-14-4-2-5-15-40)61(82)76-56(63(84)72-52(57(70)79)36-43-23-26-44-18-8-10-20-46(44)32-43)39-89-88-38-55(75-59(80)50(69)33-42-24-29-49(67)30-25-42)64(85)74-54(62(83)77-58)35-41-16-6-3-7-17-41/h2-11,14-21,23-30,32,37,50-56,58H,12-13,22,31,33-36,38-39,68-69H2,1H3,(H2,70,79)(H,71,86)(H,72,84)(H,73,81)(H,74,85)(H,75,80)(H,76,82)(H,77,83)/t50-,51-,52-,53-,54-,55+,56-,58+/m0/s1. The molecule has 0 unspecified atom stereocenters. The van der Waals surface area contributed by atoms with Crippen molar-refractivity contribution in [1.82, 2.24) is 42.1 Å². The highest BCUT2D eigenvalue weighted by Crippen LogP contribution is 2.25. The van der Waals surface area contributed by atoms with Crippen LogP contribution in [-0.2, 0) is 64.0 Å². The van der Waals surface area contributed by atoms with Gasteiger partial charge in [0.25, 0.3) is 11.8 Å². The van der Waals surface area contributed by atoms with Gasteiger partial charge in [-0.25, -0.2) is 0 Å². The van der Waals surface area contributed by atoms with Gasteiger partial charge in [-0.05, 0) is 100 Å². The van der Waals surface area contributed by atoms with E-state index in [0.717, 1.165) is 48.0 Å². The molecule has 1 fully saturated rings. The first-order valence-electron chi connectivity index (χ1n) is 29.1. The Balaban J connectivity index is 1.18. The van der Waals surface area contributed by atoms with Crippen LogP contribution < -0.4 is 54.4 Å². The van der Waals surface area contributed by atoms with Crippen LogP contribution in [0.4, 0.5) is 0 Å². The highest BCUT2D eigenvalue weighted by molar-refractivity contribution is 8.76. The zero-order valence-electron chi connectivity index (χ0n) is 48.9. The number of amides is 9. The van der Waals surface area contributed by atoms with Crippen molar-refractivity contribution < 1.29 is 43.2 Å². The van der Waals surface area contributed by atoms with E-state index < -0.39 is 102 Å². The fourth-order valence-electron chi connectivity index (χ4n) is 10.1. The van der Waals surface area contributed by atoms with Crippen LogP contribution >= 0.6 is 33.2 Å². The molecule has 0 spiro atoms. The zero-order valence-corrected chi connectivity index (χ0v) is 51.3. The predicted molar refractivity (Wildman–Crippen MR) is 348 cm³/mol. The molecule has 20 nitrogen and oxygen atoms in total. The fourth-order valence-corrected chi connectivity index (χ4v) is 12.6. The van der Waals surface area contributed by atoms with E-state index in [0.29, 0.717) is 40.1 Å². The van der Waals surface area contributed by atoms with Crippen LogP contribution in [0, 0.1) is 0 Å². The molecule has 7 aromatic rings. The van der Waals surface area contributed by atoms with E-state index in [4.69, 9.17) is 28.8 Å². The van der Waals surface area contributed by atoms with Gasteiger partial charge in [0, 0.05) is 48.4 Å². The smallest absolute Gasteiger partial charge is 0.264 e. The average Bonchev–Trinajstić information content (AvgIpc) is 3.46. The van der Waals surface area contributed by atoms with E-state index >= 15 is 9.59 Å². The second-order valence-corrected chi connectivity index (χ2v) is 24.7. The van der Waals surface area contributed by atoms with Crippen molar-refractivity contribution in [1.29, 1.82) is 0 Å². The zero-order chi connectivity index (χ0) is 63.4. The van der Waals surface area contributed by atoms with Crippen LogP contribution in [0.5, 0.6) is 0 Å². The quantitative estimate of drug-likeness (QED) is 0.0398. The van der Waals surface area contributed by atoms with E-state index in [1.54, 1.807) is 103 Å². The minimum Gasteiger partial charge on any atom is -0.368 e. The summed E-state index contributed by atoms with van der Waals surface area (Å²) in [5, 5.41) is 23.3. The lowest BCUT2D eigenvalue weighted by atomic mass is 10.0. The van der Waals surface area contributed by atoms with E-state index in [1.807, 2.05) is 66.7 Å². The number of benzene rings is 7. The Morgan fingerprint density at radius 3 is 1.72 bits per heavy atom. The van der Waals surface area contributed by atoms with Gasteiger partial charge in [-0.1, -0.05) is 179 Å². The van der Waals surface area contributed by atoms with Crippen molar-refractivity contribution in [3.05, 3.63) is 203 Å². The van der Waals surface area contributed by atoms with Gasteiger partial charge in [-0.15, -0.1) is 0 Å². The molecular weight excluding hydrogens is 1190 g/mol. The molecule has 7 aromatic carbocycles. The molecule has 1 aliphatic rings. The number of nitrogens with one attached hydrogen (secondary N) is 7. The Bertz CT molecular complexity index is 3650. The maximum atomic E-state index is 15.2. The van der Waals surface area contributed by atoms with Crippen LogP contribution in [0.1, 0.15) is 51.9 Å². The summed E-state index contributed by atoms with van der Waals surface area (Å²) < 4.78 is 0. The first-order chi connectivity index (χ1) is 42.9. The predicted octanol–water partition coefficient (Wildman–Crippen LogP) is 4.38. The third-order valence-corrected chi connectivity index (χ3v) is 17.8. The number of unbranched alkanes of at least 4 members (excludes halogenated alkanes) is 1. The number of nitrogens with two attached hydrogens (primary N) is 3. The molecule has 89 heavy (non-hydrogen) atoms. The van der Waals surface area contributed by atoms with Gasteiger partial charge in [-0.2, -0.15) is 0 Å². The summed E-state index contributed by atoms with van der Waals surface area (Å²) in [7, 11) is 3.39. The number of fused-ring (bicyclic) bond motifs is 2.